The second-order valence-electron chi connectivity index (χ2n) is 4.12. The van der Waals surface area contributed by atoms with Crippen LogP contribution < -0.4 is 10.1 Å². The minimum Gasteiger partial charge on any atom is -0.497 e. The van der Waals surface area contributed by atoms with Gasteiger partial charge in [-0.25, -0.2) is 4.98 Å². The minimum atomic E-state index is 0.356. The SMILES string of the molecule is COc1ccc(-n2ccnc2NC(C)C)cc1. The van der Waals surface area contributed by atoms with Crippen molar-refractivity contribution in [2.45, 2.75) is 19.9 Å². The summed E-state index contributed by atoms with van der Waals surface area (Å²) >= 11 is 0. The van der Waals surface area contributed by atoms with E-state index in [2.05, 4.69) is 24.1 Å². The number of hydrogen-bond donors (Lipinski definition) is 1. The number of nitrogens with one attached hydrogen (secondary N) is 1. The van der Waals surface area contributed by atoms with Crippen LogP contribution in [0.3, 0.4) is 0 Å². The van der Waals surface area contributed by atoms with Crippen LogP contribution in [0.2, 0.25) is 0 Å². The molecule has 4 heteroatoms. The monoisotopic (exact) mass is 231 g/mol. The topological polar surface area (TPSA) is 39.1 Å². The number of ether oxygens (including phenoxy) is 1. The van der Waals surface area contributed by atoms with E-state index < -0.39 is 0 Å². The molecule has 4 nitrogen and oxygen atoms in total. The van der Waals surface area contributed by atoms with Crippen LogP contribution in [0.4, 0.5) is 5.95 Å². The van der Waals surface area contributed by atoms with Crippen molar-refractivity contribution >= 4 is 5.95 Å². The molecule has 0 bridgehead atoms. The second kappa shape index (κ2) is 4.91. The number of hydrogen-bond acceptors (Lipinski definition) is 3. The average Bonchev–Trinajstić information content (AvgIpc) is 2.76. The lowest BCUT2D eigenvalue weighted by Gasteiger charge is -2.12. The summed E-state index contributed by atoms with van der Waals surface area (Å²) in [4.78, 5) is 4.30. The molecule has 0 unspecified atom stereocenters. The minimum absolute atomic E-state index is 0.356. The first kappa shape index (κ1) is 11.5. The van der Waals surface area contributed by atoms with Gasteiger partial charge in [0.2, 0.25) is 5.95 Å². The highest BCUT2D eigenvalue weighted by Gasteiger charge is 2.05. The summed E-state index contributed by atoms with van der Waals surface area (Å²) < 4.78 is 7.15. The third kappa shape index (κ3) is 2.58. The smallest absolute Gasteiger partial charge is 0.207 e. The fraction of sp³-hybridized carbons (Fsp3) is 0.308. The Hall–Kier alpha value is -1.97. The van der Waals surface area contributed by atoms with Crippen molar-refractivity contribution in [2.75, 3.05) is 12.4 Å². The average molecular weight is 231 g/mol. The molecule has 0 fully saturated rings. The van der Waals surface area contributed by atoms with Gasteiger partial charge < -0.3 is 10.1 Å². The zero-order valence-corrected chi connectivity index (χ0v) is 10.3. The lowest BCUT2D eigenvalue weighted by molar-refractivity contribution is 0.415. The quantitative estimate of drug-likeness (QED) is 0.879. The van der Waals surface area contributed by atoms with Crippen LogP contribution in [-0.2, 0) is 0 Å². The molecule has 0 aliphatic heterocycles. The summed E-state index contributed by atoms with van der Waals surface area (Å²) in [5.74, 6) is 1.71. The van der Waals surface area contributed by atoms with E-state index in [1.807, 2.05) is 35.0 Å². The number of anilines is 1. The molecule has 2 rings (SSSR count). The third-order valence-electron chi connectivity index (χ3n) is 2.41. The Balaban J connectivity index is 2.29. The molecule has 0 amide bonds. The Bertz CT molecular complexity index is 474. The molecule has 1 aromatic carbocycles. The molecular formula is C13H17N3O. The van der Waals surface area contributed by atoms with Crippen molar-refractivity contribution in [2.24, 2.45) is 0 Å². The largest absolute Gasteiger partial charge is 0.497 e. The van der Waals surface area contributed by atoms with Gasteiger partial charge in [0.15, 0.2) is 0 Å². The molecule has 17 heavy (non-hydrogen) atoms. The molecule has 0 radical (unpaired) electrons. The number of methoxy groups -OCH3 is 1. The van der Waals surface area contributed by atoms with E-state index in [1.54, 1.807) is 13.3 Å². The number of nitrogens with zero attached hydrogens (tertiary/aromatic N) is 2. The molecule has 1 aromatic heterocycles. The molecule has 0 saturated heterocycles. The van der Waals surface area contributed by atoms with Crippen molar-refractivity contribution in [1.82, 2.24) is 9.55 Å². The molecule has 1 N–H and O–H groups in total. The van der Waals surface area contributed by atoms with Crippen LogP contribution in [0.25, 0.3) is 5.69 Å². The molecule has 2 aromatic rings. The molecule has 0 atom stereocenters. The Kier molecular flexibility index (Phi) is 3.32. The highest BCUT2D eigenvalue weighted by Crippen LogP contribution is 2.18. The lowest BCUT2D eigenvalue weighted by atomic mass is 10.3. The summed E-state index contributed by atoms with van der Waals surface area (Å²) in [5.41, 5.74) is 1.06. The van der Waals surface area contributed by atoms with Crippen molar-refractivity contribution in [3.05, 3.63) is 36.7 Å². The standard InChI is InChI=1S/C13H17N3O/c1-10(2)15-13-14-8-9-16(13)11-4-6-12(17-3)7-5-11/h4-10H,1-3H3,(H,14,15). The summed E-state index contributed by atoms with van der Waals surface area (Å²) in [6, 6.07) is 8.25. The molecule has 90 valence electrons. The van der Waals surface area contributed by atoms with Gasteiger partial charge in [-0.05, 0) is 38.1 Å². The van der Waals surface area contributed by atoms with Crippen molar-refractivity contribution in [3.8, 4) is 11.4 Å². The van der Waals surface area contributed by atoms with Crippen molar-refractivity contribution < 1.29 is 4.74 Å². The van der Waals surface area contributed by atoms with Gasteiger partial charge in [-0.3, -0.25) is 4.57 Å². The molecule has 1 heterocycles. The van der Waals surface area contributed by atoms with E-state index in [0.29, 0.717) is 6.04 Å². The Morgan fingerprint density at radius 3 is 2.53 bits per heavy atom. The van der Waals surface area contributed by atoms with Crippen LogP contribution >= 0.6 is 0 Å². The predicted molar refractivity (Wildman–Crippen MR) is 68.9 cm³/mol. The maximum absolute atomic E-state index is 5.14. The molecule has 0 aliphatic carbocycles. The van der Waals surface area contributed by atoms with Crippen molar-refractivity contribution in [1.29, 1.82) is 0 Å². The first-order valence-electron chi connectivity index (χ1n) is 5.65. The third-order valence-corrected chi connectivity index (χ3v) is 2.41. The van der Waals surface area contributed by atoms with Gasteiger partial charge in [-0.1, -0.05) is 0 Å². The first-order valence-corrected chi connectivity index (χ1v) is 5.65. The number of benzene rings is 1. The highest BCUT2D eigenvalue weighted by molar-refractivity contribution is 5.44. The van der Waals surface area contributed by atoms with Crippen LogP contribution in [0, 0.1) is 0 Å². The van der Waals surface area contributed by atoms with Gasteiger partial charge in [0, 0.05) is 24.1 Å². The van der Waals surface area contributed by atoms with Gasteiger partial charge in [0.05, 0.1) is 7.11 Å². The van der Waals surface area contributed by atoms with Crippen molar-refractivity contribution in [3.63, 3.8) is 0 Å². The first-order chi connectivity index (χ1) is 8.20. The highest BCUT2D eigenvalue weighted by atomic mass is 16.5. The van der Waals surface area contributed by atoms with Gasteiger partial charge in [-0.15, -0.1) is 0 Å². The fourth-order valence-electron chi connectivity index (χ4n) is 1.62. The number of aromatic nitrogens is 2. The Labute approximate surface area is 101 Å². The van der Waals surface area contributed by atoms with E-state index in [1.165, 1.54) is 0 Å². The molecular weight excluding hydrogens is 214 g/mol. The molecule has 0 spiro atoms. The number of rotatable bonds is 4. The van der Waals surface area contributed by atoms with Crippen LogP contribution in [0.15, 0.2) is 36.7 Å². The van der Waals surface area contributed by atoms with Gasteiger partial charge >= 0.3 is 0 Å². The van der Waals surface area contributed by atoms with Crippen LogP contribution in [-0.4, -0.2) is 22.7 Å². The maximum Gasteiger partial charge on any atom is 0.207 e. The Morgan fingerprint density at radius 1 is 1.24 bits per heavy atom. The lowest BCUT2D eigenvalue weighted by Crippen LogP contribution is -2.13. The zero-order valence-electron chi connectivity index (χ0n) is 10.3. The van der Waals surface area contributed by atoms with E-state index in [9.17, 15) is 0 Å². The summed E-state index contributed by atoms with van der Waals surface area (Å²) in [5, 5.41) is 3.30. The van der Waals surface area contributed by atoms with E-state index in [-0.39, 0.29) is 0 Å². The molecule has 0 saturated carbocycles. The summed E-state index contributed by atoms with van der Waals surface area (Å²) in [6.07, 6.45) is 3.72. The van der Waals surface area contributed by atoms with Gasteiger partial charge in [0.1, 0.15) is 5.75 Å². The normalized spacial score (nSPS) is 10.6. The predicted octanol–water partition coefficient (Wildman–Crippen LogP) is 2.70. The van der Waals surface area contributed by atoms with E-state index in [4.69, 9.17) is 4.74 Å². The maximum atomic E-state index is 5.14. The zero-order chi connectivity index (χ0) is 12.3. The number of imidazole rings is 1. The van der Waals surface area contributed by atoms with Gasteiger partial charge in [-0.2, -0.15) is 0 Å². The summed E-state index contributed by atoms with van der Waals surface area (Å²) in [6.45, 7) is 4.18. The fourth-order valence-corrected chi connectivity index (χ4v) is 1.62. The van der Waals surface area contributed by atoms with Crippen LogP contribution in [0.5, 0.6) is 5.75 Å². The molecule has 0 aliphatic rings. The summed E-state index contributed by atoms with van der Waals surface area (Å²) in [7, 11) is 1.66. The van der Waals surface area contributed by atoms with Crippen LogP contribution in [0.1, 0.15) is 13.8 Å². The van der Waals surface area contributed by atoms with E-state index >= 15 is 0 Å². The van der Waals surface area contributed by atoms with Gasteiger partial charge in [0.25, 0.3) is 0 Å². The van der Waals surface area contributed by atoms with E-state index in [0.717, 1.165) is 17.4 Å². The second-order valence-corrected chi connectivity index (χ2v) is 4.12. The Morgan fingerprint density at radius 2 is 1.94 bits per heavy atom.